The molecule has 1 saturated heterocycles. The number of nitrogens with one attached hydrogen (secondary N) is 1. The van der Waals surface area contributed by atoms with Crippen LogP contribution in [0.5, 0.6) is 0 Å². The van der Waals surface area contributed by atoms with Crippen LogP contribution in [0.25, 0.3) is 0 Å². The number of amides is 2. The number of anilines is 1. The van der Waals surface area contributed by atoms with E-state index < -0.39 is 23.3 Å². The monoisotopic (exact) mass is 255 g/mol. The molecule has 0 spiro atoms. The van der Waals surface area contributed by atoms with E-state index in [1.54, 1.807) is 0 Å². The molecular formula is C11H8F3N3O. The molecular weight excluding hydrogens is 247 g/mol. The van der Waals surface area contributed by atoms with Crippen molar-refractivity contribution in [2.24, 2.45) is 0 Å². The van der Waals surface area contributed by atoms with Gasteiger partial charge in [0.15, 0.2) is 0 Å². The lowest BCUT2D eigenvalue weighted by atomic mass is 10.1. The van der Waals surface area contributed by atoms with Gasteiger partial charge in [0.05, 0.1) is 17.2 Å². The number of rotatable bonds is 1. The molecule has 1 aliphatic heterocycles. The lowest BCUT2D eigenvalue weighted by molar-refractivity contribution is -0.137. The molecule has 1 fully saturated rings. The van der Waals surface area contributed by atoms with Crippen molar-refractivity contribution in [3.8, 4) is 6.07 Å². The molecule has 0 atom stereocenters. The van der Waals surface area contributed by atoms with Gasteiger partial charge in [0.1, 0.15) is 0 Å². The molecule has 2 amide bonds. The summed E-state index contributed by atoms with van der Waals surface area (Å²) < 4.78 is 38.2. The number of halogens is 3. The van der Waals surface area contributed by atoms with E-state index in [0.717, 1.165) is 12.1 Å². The molecule has 1 aromatic carbocycles. The Morgan fingerprint density at radius 2 is 2.11 bits per heavy atom. The van der Waals surface area contributed by atoms with Crippen LogP contribution in [0.15, 0.2) is 18.2 Å². The van der Waals surface area contributed by atoms with E-state index >= 15 is 0 Å². The van der Waals surface area contributed by atoms with Gasteiger partial charge in [0.2, 0.25) is 0 Å². The summed E-state index contributed by atoms with van der Waals surface area (Å²) in [6.45, 7) is 0.697. The van der Waals surface area contributed by atoms with Gasteiger partial charge < -0.3 is 5.32 Å². The highest BCUT2D eigenvalue weighted by Gasteiger charge is 2.35. The Balaban J connectivity index is 2.47. The highest BCUT2D eigenvalue weighted by atomic mass is 19.4. The maximum Gasteiger partial charge on any atom is 0.417 e. The van der Waals surface area contributed by atoms with E-state index in [0.29, 0.717) is 13.1 Å². The molecule has 0 radical (unpaired) electrons. The Morgan fingerprint density at radius 3 is 2.61 bits per heavy atom. The number of benzene rings is 1. The molecule has 0 saturated carbocycles. The van der Waals surface area contributed by atoms with Gasteiger partial charge in [-0.2, -0.15) is 18.4 Å². The molecule has 0 bridgehead atoms. The van der Waals surface area contributed by atoms with Crippen molar-refractivity contribution >= 4 is 11.7 Å². The maximum atomic E-state index is 12.7. The third-order valence-corrected chi connectivity index (χ3v) is 2.60. The SMILES string of the molecule is N#Cc1ccc(N2CCNC2=O)cc1C(F)(F)F. The van der Waals surface area contributed by atoms with E-state index in [9.17, 15) is 18.0 Å². The number of hydrogen-bond acceptors (Lipinski definition) is 2. The summed E-state index contributed by atoms with van der Waals surface area (Å²) in [5, 5.41) is 11.1. The number of nitriles is 1. The van der Waals surface area contributed by atoms with Gasteiger partial charge in [-0.3, -0.25) is 4.90 Å². The normalized spacial score (nSPS) is 15.4. The third-order valence-electron chi connectivity index (χ3n) is 2.60. The minimum absolute atomic E-state index is 0.135. The highest BCUT2D eigenvalue weighted by molar-refractivity contribution is 5.94. The molecule has 94 valence electrons. The van der Waals surface area contributed by atoms with Gasteiger partial charge in [0, 0.05) is 18.8 Å². The van der Waals surface area contributed by atoms with E-state index in [-0.39, 0.29) is 5.69 Å². The van der Waals surface area contributed by atoms with E-state index in [4.69, 9.17) is 5.26 Å². The lowest BCUT2D eigenvalue weighted by Crippen LogP contribution is -2.28. The van der Waals surface area contributed by atoms with E-state index in [1.807, 2.05) is 0 Å². The van der Waals surface area contributed by atoms with Gasteiger partial charge in [-0.05, 0) is 18.2 Å². The van der Waals surface area contributed by atoms with Gasteiger partial charge >= 0.3 is 12.2 Å². The topological polar surface area (TPSA) is 56.1 Å². The quantitative estimate of drug-likeness (QED) is 0.835. The number of carbonyl (C=O) groups is 1. The van der Waals surface area contributed by atoms with Crippen molar-refractivity contribution in [2.75, 3.05) is 18.0 Å². The number of alkyl halides is 3. The van der Waals surface area contributed by atoms with Crippen LogP contribution in [0.1, 0.15) is 11.1 Å². The number of nitrogens with zero attached hydrogens (tertiary/aromatic N) is 2. The molecule has 0 aromatic heterocycles. The summed E-state index contributed by atoms with van der Waals surface area (Å²) in [4.78, 5) is 12.6. The number of carbonyl (C=O) groups excluding carboxylic acids is 1. The van der Waals surface area contributed by atoms with E-state index in [2.05, 4.69) is 5.32 Å². The van der Waals surface area contributed by atoms with Crippen molar-refractivity contribution in [1.29, 1.82) is 5.26 Å². The third kappa shape index (κ3) is 2.09. The van der Waals surface area contributed by atoms with Crippen LogP contribution in [0, 0.1) is 11.3 Å². The molecule has 4 nitrogen and oxygen atoms in total. The van der Waals surface area contributed by atoms with Gasteiger partial charge in [0.25, 0.3) is 0 Å². The zero-order chi connectivity index (χ0) is 13.3. The van der Waals surface area contributed by atoms with E-state index in [1.165, 1.54) is 17.0 Å². The average molecular weight is 255 g/mol. The second-order valence-electron chi connectivity index (χ2n) is 3.72. The fourth-order valence-corrected chi connectivity index (χ4v) is 1.75. The zero-order valence-corrected chi connectivity index (χ0v) is 9.08. The van der Waals surface area contributed by atoms with Crippen LogP contribution in [0.3, 0.4) is 0 Å². The van der Waals surface area contributed by atoms with Crippen molar-refractivity contribution in [2.45, 2.75) is 6.18 Å². The summed E-state index contributed by atoms with van der Waals surface area (Å²) in [5.74, 6) is 0. The number of hydrogen-bond donors (Lipinski definition) is 1. The minimum Gasteiger partial charge on any atom is -0.336 e. The molecule has 1 aliphatic rings. The molecule has 7 heteroatoms. The van der Waals surface area contributed by atoms with Crippen molar-refractivity contribution in [1.82, 2.24) is 5.32 Å². The fraction of sp³-hybridized carbons (Fsp3) is 0.273. The molecule has 1 aromatic rings. The summed E-state index contributed by atoms with van der Waals surface area (Å²) in [5.41, 5.74) is -1.34. The number of urea groups is 1. The van der Waals surface area contributed by atoms with Crippen LogP contribution in [0.2, 0.25) is 0 Å². The Labute approximate surface area is 101 Å². The molecule has 18 heavy (non-hydrogen) atoms. The summed E-state index contributed by atoms with van der Waals surface area (Å²) in [6.07, 6.45) is -4.61. The standard InChI is InChI=1S/C11H8F3N3O/c12-11(13,14)9-5-8(2-1-7(9)6-15)17-4-3-16-10(17)18/h1-2,5H,3-4H2,(H,16,18). The first-order valence-electron chi connectivity index (χ1n) is 5.10. The Bertz CT molecular complexity index is 533. The molecule has 0 aliphatic carbocycles. The first-order chi connectivity index (χ1) is 8.43. The van der Waals surface area contributed by atoms with Crippen LogP contribution >= 0.6 is 0 Å². The average Bonchev–Trinajstić information content (AvgIpc) is 2.73. The predicted molar refractivity (Wildman–Crippen MR) is 56.9 cm³/mol. The summed E-state index contributed by atoms with van der Waals surface area (Å²) in [6, 6.07) is 4.28. The Morgan fingerprint density at radius 1 is 1.39 bits per heavy atom. The Hall–Kier alpha value is -2.23. The lowest BCUT2D eigenvalue weighted by Gasteiger charge is -2.17. The zero-order valence-electron chi connectivity index (χ0n) is 9.08. The molecule has 1 N–H and O–H groups in total. The first kappa shape index (κ1) is 12.2. The van der Waals surface area contributed by atoms with Gasteiger partial charge in [-0.25, -0.2) is 4.79 Å². The van der Waals surface area contributed by atoms with Gasteiger partial charge in [-0.1, -0.05) is 0 Å². The fourth-order valence-electron chi connectivity index (χ4n) is 1.75. The smallest absolute Gasteiger partial charge is 0.336 e. The largest absolute Gasteiger partial charge is 0.417 e. The van der Waals surface area contributed by atoms with Crippen LogP contribution < -0.4 is 10.2 Å². The summed E-state index contributed by atoms with van der Waals surface area (Å²) >= 11 is 0. The highest BCUT2D eigenvalue weighted by Crippen LogP contribution is 2.34. The Kier molecular flexibility index (Phi) is 2.87. The van der Waals surface area contributed by atoms with Crippen molar-refractivity contribution < 1.29 is 18.0 Å². The predicted octanol–water partition coefficient (Wildman–Crippen LogP) is 2.11. The molecule has 2 rings (SSSR count). The van der Waals surface area contributed by atoms with Crippen LogP contribution in [0.4, 0.5) is 23.7 Å². The van der Waals surface area contributed by atoms with Crippen LogP contribution in [-0.2, 0) is 6.18 Å². The van der Waals surface area contributed by atoms with Crippen molar-refractivity contribution in [3.63, 3.8) is 0 Å². The first-order valence-corrected chi connectivity index (χ1v) is 5.10. The minimum atomic E-state index is -4.61. The second kappa shape index (κ2) is 4.22. The summed E-state index contributed by atoms with van der Waals surface area (Å²) in [7, 11) is 0. The van der Waals surface area contributed by atoms with Crippen molar-refractivity contribution in [3.05, 3.63) is 29.3 Å². The molecule has 1 heterocycles. The molecule has 0 unspecified atom stereocenters. The maximum absolute atomic E-state index is 12.7. The van der Waals surface area contributed by atoms with Crippen LogP contribution in [-0.4, -0.2) is 19.1 Å². The van der Waals surface area contributed by atoms with Gasteiger partial charge in [-0.15, -0.1) is 0 Å². The second-order valence-corrected chi connectivity index (χ2v) is 3.72.